The zero-order chi connectivity index (χ0) is 15.3. The van der Waals surface area contributed by atoms with Crippen LogP contribution in [0.4, 0.5) is 0 Å². The molecule has 1 atom stereocenters. The maximum Gasteiger partial charge on any atom is 0.208 e. The molecular weight excluding hydrogens is 286 g/mol. The van der Waals surface area contributed by atoms with E-state index < -0.39 is 10.0 Å². The Labute approximate surface area is 128 Å². The van der Waals surface area contributed by atoms with Crippen LogP contribution < -0.4 is 4.72 Å². The van der Waals surface area contributed by atoms with Crippen molar-refractivity contribution in [3.05, 3.63) is 35.9 Å². The summed E-state index contributed by atoms with van der Waals surface area (Å²) in [6, 6.07) is 10.5. The highest BCUT2D eigenvalue weighted by Crippen LogP contribution is 2.11. The van der Waals surface area contributed by atoms with E-state index in [1.807, 2.05) is 18.2 Å². The Hall–Kier alpha value is -0.950. The van der Waals surface area contributed by atoms with Crippen molar-refractivity contribution in [2.24, 2.45) is 0 Å². The van der Waals surface area contributed by atoms with E-state index in [2.05, 4.69) is 33.7 Å². The standard InChI is InChI=1S/C15H25N3O2S/c1-17-8-10-18(11-9-17)15(13-16-21(2,19)20)12-14-6-4-3-5-7-14/h3-7,15-16H,8-13H2,1-2H3. The summed E-state index contributed by atoms with van der Waals surface area (Å²) < 4.78 is 25.4. The molecule has 118 valence electrons. The van der Waals surface area contributed by atoms with Gasteiger partial charge in [0, 0.05) is 38.8 Å². The summed E-state index contributed by atoms with van der Waals surface area (Å²) in [5, 5.41) is 0. The zero-order valence-corrected chi connectivity index (χ0v) is 13.6. The van der Waals surface area contributed by atoms with E-state index in [0.29, 0.717) is 6.54 Å². The Kier molecular flexibility index (Phi) is 5.75. The second-order valence-corrected chi connectivity index (χ2v) is 7.64. The van der Waals surface area contributed by atoms with Gasteiger partial charge in [-0.25, -0.2) is 13.1 Å². The van der Waals surface area contributed by atoms with Gasteiger partial charge in [0.2, 0.25) is 10.0 Å². The summed E-state index contributed by atoms with van der Waals surface area (Å²) in [6.07, 6.45) is 2.09. The molecule has 0 saturated carbocycles. The molecule has 0 aliphatic carbocycles. The Morgan fingerprint density at radius 3 is 2.33 bits per heavy atom. The molecule has 1 N–H and O–H groups in total. The fourth-order valence-corrected chi connectivity index (χ4v) is 3.15. The number of nitrogens with one attached hydrogen (secondary N) is 1. The molecule has 0 bridgehead atoms. The van der Waals surface area contributed by atoms with Gasteiger partial charge >= 0.3 is 0 Å². The van der Waals surface area contributed by atoms with E-state index >= 15 is 0 Å². The van der Waals surface area contributed by atoms with E-state index in [-0.39, 0.29) is 6.04 Å². The van der Waals surface area contributed by atoms with Crippen molar-refractivity contribution in [3.63, 3.8) is 0 Å². The van der Waals surface area contributed by atoms with Crippen LogP contribution in [0, 0.1) is 0 Å². The van der Waals surface area contributed by atoms with Crippen LogP contribution in [-0.4, -0.2) is 70.3 Å². The molecule has 0 radical (unpaired) electrons. The van der Waals surface area contributed by atoms with Crippen LogP contribution in [0.15, 0.2) is 30.3 Å². The van der Waals surface area contributed by atoms with Crippen LogP contribution in [0.1, 0.15) is 5.56 Å². The minimum Gasteiger partial charge on any atom is -0.304 e. The van der Waals surface area contributed by atoms with Gasteiger partial charge in [0.1, 0.15) is 0 Å². The van der Waals surface area contributed by atoms with Crippen molar-refractivity contribution < 1.29 is 8.42 Å². The number of hydrogen-bond donors (Lipinski definition) is 1. The van der Waals surface area contributed by atoms with Crippen LogP contribution in [0.25, 0.3) is 0 Å². The molecule has 5 nitrogen and oxygen atoms in total. The number of piperazine rings is 1. The number of benzene rings is 1. The number of rotatable bonds is 6. The first kappa shape index (κ1) is 16.4. The van der Waals surface area contributed by atoms with Gasteiger partial charge in [-0.3, -0.25) is 4.90 Å². The van der Waals surface area contributed by atoms with Crippen molar-refractivity contribution >= 4 is 10.0 Å². The van der Waals surface area contributed by atoms with Crippen molar-refractivity contribution in [2.75, 3.05) is 46.0 Å². The predicted molar refractivity (Wildman–Crippen MR) is 85.9 cm³/mol. The van der Waals surface area contributed by atoms with E-state index in [0.717, 1.165) is 32.6 Å². The van der Waals surface area contributed by atoms with Gasteiger partial charge in [0.05, 0.1) is 6.26 Å². The summed E-state index contributed by atoms with van der Waals surface area (Å²) in [4.78, 5) is 4.70. The van der Waals surface area contributed by atoms with Crippen molar-refractivity contribution in [2.45, 2.75) is 12.5 Å². The number of sulfonamides is 1. The van der Waals surface area contributed by atoms with Gasteiger partial charge in [0.25, 0.3) is 0 Å². The first-order valence-electron chi connectivity index (χ1n) is 7.35. The highest BCUT2D eigenvalue weighted by molar-refractivity contribution is 7.88. The zero-order valence-electron chi connectivity index (χ0n) is 12.8. The molecule has 0 amide bonds. The highest BCUT2D eigenvalue weighted by Gasteiger charge is 2.23. The molecule has 6 heteroatoms. The lowest BCUT2D eigenvalue weighted by molar-refractivity contribution is 0.112. The fourth-order valence-electron chi connectivity index (χ4n) is 2.65. The molecule has 0 aromatic heterocycles. The number of likely N-dealkylation sites (N-methyl/N-ethyl adjacent to an activating group) is 1. The van der Waals surface area contributed by atoms with Crippen LogP contribution in [-0.2, 0) is 16.4 Å². The molecular formula is C15H25N3O2S. The largest absolute Gasteiger partial charge is 0.304 e. The predicted octanol–water partition coefficient (Wildman–Crippen LogP) is 0.394. The summed E-state index contributed by atoms with van der Waals surface area (Å²) in [6.45, 7) is 4.50. The van der Waals surface area contributed by atoms with Gasteiger partial charge in [-0.1, -0.05) is 30.3 Å². The monoisotopic (exact) mass is 311 g/mol. The summed E-state index contributed by atoms with van der Waals surface area (Å²) in [5.74, 6) is 0. The van der Waals surface area contributed by atoms with Crippen molar-refractivity contribution in [3.8, 4) is 0 Å². The quantitative estimate of drug-likeness (QED) is 0.826. The van der Waals surface area contributed by atoms with Gasteiger partial charge in [-0.05, 0) is 19.0 Å². The van der Waals surface area contributed by atoms with Gasteiger partial charge < -0.3 is 4.90 Å². The summed E-state index contributed by atoms with van der Waals surface area (Å²) in [5.41, 5.74) is 1.25. The summed E-state index contributed by atoms with van der Waals surface area (Å²) >= 11 is 0. The summed E-state index contributed by atoms with van der Waals surface area (Å²) in [7, 11) is -1.02. The third-order valence-electron chi connectivity index (χ3n) is 3.95. The van der Waals surface area contributed by atoms with Crippen LogP contribution >= 0.6 is 0 Å². The smallest absolute Gasteiger partial charge is 0.208 e. The second kappa shape index (κ2) is 7.35. The van der Waals surface area contributed by atoms with Gasteiger partial charge in [-0.2, -0.15) is 0 Å². The van der Waals surface area contributed by atoms with Gasteiger partial charge in [0.15, 0.2) is 0 Å². The number of hydrogen-bond acceptors (Lipinski definition) is 4. The third-order valence-corrected chi connectivity index (χ3v) is 4.64. The highest BCUT2D eigenvalue weighted by atomic mass is 32.2. The lowest BCUT2D eigenvalue weighted by atomic mass is 10.0. The molecule has 1 heterocycles. The molecule has 1 aromatic rings. The molecule has 1 unspecified atom stereocenters. The lowest BCUT2D eigenvalue weighted by Gasteiger charge is -2.38. The molecule has 1 saturated heterocycles. The Morgan fingerprint density at radius 2 is 1.76 bits per heavy atom. The third kappa shape index (κ3) is 5.74. The maximum atomic E-state index is 11.4. The second-order valence-electron chi connectivity index (χ2n) is 5.80. The van der Waals surface area contributed by atoms with Crippen LogP contribution in [0.2, 0.25) is 0 Å². The Morgan fingerprint density at radius 1 is 1.14 bits per heavy atom. The van der Waals surface area contributed by atoms with Crippen LogP contribution in [0.3, 0.4) is 0 Å². The Bertz CT molecular complexity index is 525. The molecule has 21 heavy (non-hydrogen) atoms. The lowest BCUT2D eigenvalue weighted by Crippen LogP contribution is -2.53. The van der Waals surface area contributed by atoms with E-state index in [1.165, 1.54) is 11.8 Å². The van der Waals surface area contributed by atoms with E-state index in [9.17, 15) is 8.42 Å². The molecule has 1 aromatic carbocycles. The Balaban J connectivity index is 2.02. The molecule has 1 aliphatic rings. The molecule has 1 fully saturated rings. The minimum absolute atomic E-state index is 0.204. The topological polar surface area (TPSA) is 52.6 Å². The maximum absolute atomic E-state index is 11.4. The molecule has 1 aliphatic heterocycles. The van der Waals surface area contributed by atoms with Crippen molar-refractivity contribution in [1.29, 1.82) is 0 Å². The molecule has 0 spiro atoms. The fraction of sp³-hybridized carbons (Fsp3) is 0.600. The molecule has 2 rings (SSSR count). The number of nitrogens with zero attached hydrogens (tertiary/aromatic N) is 2. The van der Waals surface area contributed by atoms with Crippen LogP contribution in [0.5, 0.6) is 0 Å². The van der Waals surface area contributed by atoms with E-state index in [4.69, 9.17) is 0 Å². The first-order valence-corrected chi connectivity index (χ1v) is 9.24. The average Bonchev–Trinajstić information content (AvgIpc) is 2.45. The van der Waals surface area contributed by atoms with E-state index in [1.54, 1.807) is 0 Å². The van der Waals surface area contributed by atoms with Crippen molar-refractivity contribution in [1.82, 2.24) is 14.5 Å². The minimum atomic E-state index is -3.15. The van der Waals surface area contributed by atoms with Gasteiger partial charge in [-0.15, -0.1) is 0 Å². The SMILES string of the molecule is CN1CCN(C(CNS(C)(=O)=O)Cc2ccccc2)CC1. The average molecular weight is 311 g/mol. The normalized spacial score (nSPS) is 19.5. The first-order chi connectivity index (χ1) is 9.94.